The molecule has 108 valence electrons. The molecule has 6 nitrogen and oxygen atoms in total. The third-order valence-corrected chi connectivity index (χ3v) is 3.44. The number of rotatable bonds is 2. The SMILES string of the molecule is N#Cc1cn(-c2ccc(C(=O)NO)c(O)c2)c2ccccc12. The number of hydroxylamine groups is 1. The van der Waals surface area contributed by atoms with Crippen LogP contribution in [0.15, 0.2) is 48.7 Å². The van der Waals surface area contributed by atoms with Gasteiger partial charge in [0.15, 0.2) is 0 Å². The molecule has 0 saturated heterocycles. The van der Waals surface area contributed by atoms with E-state index in [2.05, 4.69) is 6.07 Å². The molecule has 0 bridgehead atoms. The average molecular weight is 293 g/mol. The number of phenolic OH excluding ortho intramolecular Hbond substituents is 1. The maximum Gasteiger partial charge on any atom is 0.278 e. The van der Waals surface area contributed by atoms with Gasteiger partial charge in [-0.25, -0.2) is 5.48 Å². The normalized spacial score (nSPS) is 10.4. The molecule has 3 rings (SSSR count). The molecule has 0 atom stereocenters. The lowest BCUT2D eigenvalue weighted by molar-refractivity contribution is 0.0703. The van der Waals surface area contributed by atoms with E-state index in [1.54, 1.807) is 16.8 Å². The van der Waals surface area contributed by atoms with E-state index < -0.39 is 5.91 Å². The molecule has 1 aromatic heterocycles. The van der Waals surface area contributed by atoms with Gasteiger partial charge in [-0.3, -0.25) is 10.0 Å². The molecule has 3 aromatic rings. The summed E-state index contributed by atoms with van der Waals surface area (Å²) >= 11 is 0. The monoisotopic (exact) mass is 293 g/mol. The maximum absolute atomic E-state index is 11.4. The van der Waals surface area contributed by atoms with Gasteiger partial charge in [0, 0.05) is 23.3 Å². The Labute approximate surface area is 125 Å². The molecule has 1 heterocycles. The number of hydrogen-bond donors (Lipinski definition) is 3. The summed E-state index contributed by atoms with van der Waals surface area (Å²) in [5.41, 5.74) is 3.38. The molecule has 1 amide bonds. The third kappa shape index (κ3) is 2.06. The first-order valence-corrected chi connectivity index (χ1v) is 6.43. The first kappa shape index (κ1) is 13.7. The zero-order chi connectivity index (χ0) is 15.7. The van der Waals surface area contributed by atoms with Crippen molar-refractivity contribution >= 4 is 16.8 Å². The summed E-state index contributed by atoms with van der Waals surface area (Å²) in [7, 11) is 0. The molecule has 3 N–H and O–H groups in total. The van der Waals surface area contributed by atoms with Crippen LogP contribution in [0, 0.1) is 11.3 Å². The maximum atomic E-state index is 11.4. The smallest absolute Gasteiger partial charge is 0.278 e. The summed E-state index contributed by atoms with van der Waals surface area (Å²) in [6.07, 6.45) is 1.67. The molecule has 0 spiro atoms. The van der Waals surface area contributed by atoms with Gasteiger partial charge in [0.1, 0.15) is 11.8 Å². The largest absolute Gasteiger partial charge is 0.507 e. The summed E-state index contributed by atoms with van der Waals surface area (Å²) in [4.78, 5) is 11.4. The van der Waals surface area contributed by atoms with Crippen LogP contribution in [-0.4, -0.2) is 20.8 Å². The number of carbonyl (C=O) groups is 1. The third-order valence-electron chi connectivity index (χ3n) is 3.44. The minimum atomic E-state index is -0.792. The lowest BCUT2D eigenvalue weighted by atomic mass is 10.1. The number of fused-ring (bicyclic) bond motifs is 1. The Kier molecular flexibility index (Phi) is 3.26. The van der Waals surface area contributed by atoms with Gasteiger partial charge in [0.2, 0.25) is 0 Å². The Balaban J connectivity index is 2.19. The zero-order valence-electron chi connectivity index (χ0n) is 11.3. The molecule has 22 heavy (non-hydrogen) atoms. The number of benzene rings is 2. The molecule has 0 unspecified atom stereocenters. The molecule has 0 fully saturated rings. The van der Waals surface area contributed by atoms with Crippen LogP contribution in [0.3, 0.4) is 0 Å². The van der Waals surface area contributed by atoms with Crippen molar-refractivity contribution in [3.8, 4) is 17.5 Å². The van der Waals surface area contributed by atoms with Gasteiger partial charge in [-0.1, -0.05) is 18.2 Å². The zero-order valence-corrected chi connectivity index (χ0v) is 11.3. The van der Waals surface area contributed by atoms with E-state index in [0.29, 0.717) is 11.3 Å². The van der Waals surface area contributed by atoms with Gasteiger partial charge in [-0.05, 0) is 18.2 Å². The molecular weight excluding hydrogens is 282 g/mol. The molecular formula is C16H11N3O3. The quantitative estimate of drug-likeness (QED) is 0.499. The van der Waals surface area contributed by atoms with E-state index in [-0.39, 0.29) is 11.3 Å². The number of nitrogens with zero attached hydrogens (tertiary/aromatic N) is 2. The van der Waals surface area contributed by atoms with Crippen LogP contribution in [0.5, 0.6) is 5.75 Å². The van der Waals surface area contributed by atoms with Gasteiger partial charge < -0.3 is 9.67 Å². The number of carbonyl (C=O) groups excluding carboxylic acids is 1. The van der Waals surface area contributed by atoms with E-state index in [1.165, 1.54) is 17.6 Å². The average Bonchev–Trinajstić information content (AvgIpc) is 2.93. The highest BCUT2D eigenvalue weighted by Gasteiger charge is 2.13. The number of hydrogen-bond acceptors (Lipinski definition) is 4. The second-order valence-electron chi connectivity index (χ2n) is 4.68. The summed E-state index contributed by atoms with van der Waals surface area (Å²) in [5.74, 6) is -1.06. The fraction of sp³-hybridized carbons (Fsp3) is 0. The van der Waals surface area contributed by atoms with Crippen LogP contribution in [0.4, 0.5) is 0 Å². The van der Waals surface area contributed by atoms with Crippen molar-refractivity contribution in [3.05, 3.63) is 59.8 Å². The van der Waals surface area contributed by atoms with E-state index in [0.717, 1.165) is 10.9 Å². The Bertz CT molecular complexity index is 922. The summed E-state index contributed by atoms with van der Waals surface area (Å²) < 4.78 is 1.76. The molecule has 0 saturated carbocycles. The standard InChI is InChI=1S/C16H11N3O3/c17-8-10-9-19(14-4-2-1-3-12(10)14)11-5-6-13(15(20)7-11)16(21)18-22/h1-7,9,20,22H,(H,18,21). The molecule has 0 radical (unpaired) electrons. The number of aromatic hydroxyl groups is 1. The minimum Gasteiger partial charge on any atom is -0.507 e. The number of phenols is 1. The molecule has 2 aromatic carbocycles. The molecule has 6 heteroatoms. The second-order valence-corrected chi connectivity index (χ2v) is 4.68. The fourth-order valence-corrected chi connectivity index (χ4v) is 2.40. The number of amides is 1. The van der Waals surface area contributed by atoms with Gasteiger partial charge >= 0.3 is 0 Å². The van der Waals surface area contributed by atoms with E-state index in [9.17, 15) is 15.2 Å². The summed E-state index contributed by atoms with van der Waals surface area (Å²) in [6, 6.07) is 14.0. The highest BCUT2D eigenvalue weighted by Crippen LogP contribution is 2.27. The summed E-state index contributed by atoms with van der Waals surface area (Å²) in [5, 5.41) is 28.6. The summed E-state index contributed by atoms with van der Waals surface area (Å²) in [6.45, 7) is 0. The lowest BCUT2D eigenvalue weighted by Gasteiger charge is -2.08. The first-order chi connectivity index (χ1) is 10.7. The Hall–Kier alpha value is -3.30. The first-order valence-electron chi connectivity index (χ1n) is 6.43. The second kappa shape index (κ2) is 5.24. The highest BCUT2D eigenvalue weighted by atomic mass is 16.5. The van der Waals surface area contributed by atoms with Crippen LogP contribution in [0.25, 0.3) is 16.6 Å². The van der Waals surface area contributed by atoms with Gasteiger partial charge in [-0.15, -0.1) is 0 Å². The van der Waals surface area contributed by atoms with Crippen LogP contribution in [-0.2, 0) is 0 Å². The van der Waals surface area contributed by atoms with Crippen LogP contribution in [0.2, 0.25) is 0 Å². The number of aromatic nitrogens is 1. The van der Waals surface area contributed by atoms with Crippen LogP contribution >= 0.6 is 0 Å². The van der Waals surface area contributed by atoms with Gasteiger partial charge in [-0.2, -0.15) is 5.26 Å². The van der Waals surface area contributed by atoms with Crippen LogP contribution < -0.4 is 5.48 Å². The topological polar surface area (TPSA) is 98.3 Å². The molecule has 0 aliphatic rings. The number of nitriles is 1. The Morgan fingerprint density at radius 2 is 2.00 bits per heavy atom. The fourth-order valence-electron chi connectivity index (χ4n) is 2.40. The van der Waals surface area contributed by atoms with Crippen molar-refractivity contribution in [3.63, 3.8) is 0 Å². The van der Waals surface area contributed by atoms with Crippen molar-refractivity contribution in [2.75, 3.05) is 0 Å². The van der Waals surface area contributed by atoms with Crippen molar-refractivity contribution in [1.29, 1.82) is 5.26 Å². The predicted octanol–water partition coefficient (Wildman–Crippen LogP) is 2.33. The molecule has 0 aliphatic heterocycles. The van der Waals surface area contributed by atoms with Crippen molar-refractivity contribution in [1.82, 2.24) is 10.0 Å². The lowest BCUT2D eigenvalue weighted by Crippen LogP contribution is -2.18. The van der Waals surface area contributed by atoms with Crippen molar-refractivity contribution < 1.29 is 15.1 Å². The molecule has 0 aliphatic carbocycles. The van der Waals surface area contributed by atoms with E-state index in [1.807, 2.05) is 24.3 Å². The number of nitrogens with one attached hydrogen (secondary N) is 1. The van der Waals surface area contributed by atoms with E-state index >= 15 is 0 Å². The minimum absolute atomic E-state index is 0.0387. The Morgan fingerprint density at radius 1 is 1.23 bits per heavy atom. The number of para-hydroxylation sites is 1. The van der Waals surface area contributed by atoms with Crippen LogP contribution in [0.1, 0.15) is 15.9 Å². The van der Waals surface area contributed by atoms with Gasteiger partial charge in [0.05, 0.1) is 16.6 Å². The van der Waals surface area contributed by atoms with Crippen molar-refractivity contribution in [2.24, 2.45) is 0 Å². The van der Waals surface area contributed by atoms with Crippen molar-refractivity contribution in [2.45, 2.75) is 0 Å². The van der Waals surface area contributed by atoms with E-state index in [4.69, 9.17) is 5.21 Å². The highest BCUT2D eigenvalue weighted by molar-refractivity contribution is 5.96. The predicted molar refractivity (Wildman–Crippen MR) is 78.9 cm³/mol. The van der Waals surface area contributed by atoms with Gasteiger partial charge in [0.25, 0.3) is 5.91 Å². The Morgan fingerprint density at radius 3 is 2.68 bits per heavy atom.